The summed E-state index contributed by atoms with van der Waals surface area (Å²) in [5.74, 6) is 1.57. The van der Waals surface area contributed by atoms with Crippen molar-refractivity contribution in [3.05, 3.63) is 30.3 Å². The van der Waals surface area contributed by atoms with Crippen molar-refractivity contribution in [3.63, 3.8) is 0 Å². The van der Waals surface area contributed by atoms with Crippen LogP contribution in [0.4, 0.5) is 5.69 Å². The lowest BCUT2D eigenvalue weighted by molar-refractivity contribution is 0.143. The number of hydrogen-bond acceptors (Lipinski definition) is 3. The van der Waals surface area contributed by atoms with E-state index in [0.29, 0.717) is 5.92 Å². The zero-order valence-electron chi connectivity index (χ0n) is 16.2. The predicted molar refractivity (Wildman–Crippen MR) is 122 cm³/mol. The predicted octanol–water partition coefficient (Wildman–Crippen LogP) is 3.50. The summed E-state index contributed by atoms with van der Waals surface area (Å²) in [5, 5.41) is 6.78. The van der Waals surface area contributed by atoms with Crippen LogP contribution in [-0.4, -0.2) is 51.9 Å². The van der Waals surface area contributed by atoms with Gasteiger partial charge in [0.05, 0.1) is 0 Å². The van der Waals surface area contributed by atoms with Gasteiger partial charge in [0.15, 0.2) is 5.96 Å². The first kappa shape index (κ1) is 23.0. The van der Waals surface area contributed by atoms with E-state index >= 15 is 0 Å². The van der Waals surface area contributed by atoms with Crippen molar-refractivity contribution in [1.29, 1.82) is 0 Å². The van der Waals surface area contributed by atoms with Crippen molar-refractivity contribution in [2.45, 2.75) is 33.1 Å². The highest BCUT2D eigenvalue weighted by Crippen LogP contribution is 2.23. The fourth-order valence-electron chi connectivity index (χ4n) is 3.10. The van der Waals surface area contributed by atoms with E-state index in [1.807, 2.05) is 6.92 Å². The van der Waals surface area contributed by atoms with Crippen molar-refractivity contribution < 1.29 is 4.74 Å². The van der Waals surface area contributed by atoms with Gasteiger partial charge in [0.2, 0.25) is 0 Å². The molecule has 1 aliphatic rings. The van der Waals surface area contributed by atoms with Crippen LogP contribution < -0.4 is 15.5 Å². The highest BCUT2D eigenvalue weighted by molar-refractivity contribution is 14.0. The quantitative estimate of drug-likeness (QED) is 0.236. The van der Waals surface area contributed by atoms with Gasteiger partial charge in [-0.25, -0.2) is 0 Å². The molecular formula is C20H35IN4O. The Hall–Kier alpha value is -1.02. The molecule has 1 unspecified atom stereocenters. The van der Waals surface area contributed by atoms with Gasteiger partial charge in [0, 0.05) is 51.6 Å². The lowest BCUT2D eigenvalue weighted by atomic mass is 10.1. The van der Waals surface area contributed by atoms with Gasteiger partial charge in [0.1, 0.15) is 0 Å². The van der Waals surface area contributed by atoms with E-state index in [1.165, 1.54) is 12.1 Å². The van der Waals surface area contributed by atoms with E-state index in [2.05, 4.69) is 52.8 Å². The standard InChI is InChI=1S/C20H34N4O.HI/c1-3-21-20(22-13-8-9-15-25-4-2)23-16-18-12-14-24(17-18)19-10-6-5-7-11-19;/h5-7,10-11,18H,3-4,8-9,12-17H2,1-2H3,(H2,21,22,23);1H. The van der Waals surface area contributed by atoms with Crippen molar-refractivity contribution in [2.24, 2.45) is 10.9 Å². The van der Waals surface area contributed by atoms with Gasteiger partial charge in [-0.2, -0.15) is 0 Å². The molecule has 6 heteroatoms. The number of aliphatic imine (C=N–C) groups is 1. The van der Waals surface area contributed by atoms with E-state index in [1.54, 1.807) is 0 Å². The van der Waals surface area contributed by atoms with Crippen LogP contribution in [0.2, 0.25) is 0 Å². The number of unbranched alkanes of at least 4 members (excludes halogenated alkanes) is 1. The zero-order valence-corrected chi connectivity index (χ0v) is 18.6. The number of rotatable bonds is 10. The Labute approximate surface area is 176 Å². The summed E-state index contributed by atoms with van der Waals surface area (Å²) in [6.45, 7) is 10.8. The van der Waals surface area contributed by atoms with Gasteiger partial charge >= 0.3 is 0 Å². The first-order chi connectivity index (χ1) is 12.3. The molecule has 2 N–H and O–H groups in total. The molecule has 1 atom stereocenters. The molecule has 1 saturated heterocycles. The molecule has 5 nitrogen and oxygen atoms in total. The molecule has 0 aliphatic carbocycles. The van der Waals surface area contributed by atoms with E-state index in [0.717, 1.165) is 64.7 Å². The smallest absolute Gasteiger partial charge is 0.191 e. The highest BCUT2D eigenvalue weighted by atomic mass is 127. The molecule has 2 rings (SSSR count). The largest absolute Gasteiger partial charge is 0.382 e. The third kappa shape index (κ3) is 8.58. The van der Waals surface area contributed by atoms with Crippen LogP contribution in [0.1, 0.15) is 33.1 Å². The first-order valence-electron chi connectivity index (χ1n) is 9.73. The van der Waals surface area contributed by atoms with Gasteiger partial charge < -0.3 is 20.3 Å². The minimum absolute atomic E-state index is 0. The molecule has 148 valence electrons. The zero-order chi connectivity index (χ0) is 17.7. The number of benzene rings is 1. The van der Waals surface area contributed by atoms with E-state index < -0.39 is 0 Å². The lowest BCUT2D eigenvalue weighted by Crippen LogP contribution is -2.38. The minimum atomic E-state index is 0. The Bertz CT molecular complexity index is 498. The van der Waals surface area contributed by atoms with Crippen molar-refractivity contribution in [2.75, 3.05) is 50.8 Å². The Morgan fingerprint density at radius 3 is 2.73 bits per heavy atom. The number of nitrogens with one attached hydrogen (secondary N) is 2. The van der Waals surface area contributed by atoms with E-state index in [-0.39, 0.29) is 24.0 Å². The number of nitrogens with zero attached hydrogens (tertiary/aromatic N) is 2. The summed E-state index contributed by atoms with van der Waals surface area (Å²) in [4.78, 5) is 7.26. The SMILES string of the molecule is CCNC(=NCC1CCN(c2ccccc2)C1)NCCCCOCC.I. The molecule has 0 radical (unpaired) electrons. The Morgan fingerprint density at radius 1 is 1.19 bits per heavy atom. The summed E-state index contributed by atoms with van der Waals surface area (Å²) < 4.78 is 5.37. The van der Waals surface area contributed by atoms with Gasteiger partial charge in [-0.05, 0) is 51.2 Å². The van der Waals surface area contributed by atoms with Crippen LogP contribution >= 0.6 is 24.0 Å². The second-order valence-electron chi connectivity index (χ2n) is 6.49. The van der Waals surface area contributed by atoms with E-state index in [4.69, 9.17) is 9.73 Å². The molecule has 0 amide bonds. The van der Waals surface area contributed by atoms with Crippen molar-refractivity contribution in [1.82, 2.24) is 10.6 Å². The summed E-state index contributed by atoms with van der Waals surface area (Å²) in [7, 11) is 0. The topological polar surface area (TPSA) is 48.9 Å². The van der Waals surface area contributed by atoms with Crippen LogP contribution in [-0.2, 0) is 4.74 Å². The lowest BCUT2D eigenvalue weighted by Gasteiger charge is -2.18. The maximum absolute atomic E-state index is 5.37. The molecule has 1 fully saturated rings. The average molecular weight is 474 g/mol. The molecule has 26 heavy (non-hydrogen) atoms. The number of para-hydroxylation sites is 1. The Kier molecular flexibility index (Phi) is 12.5. The summed E-state index contributed by atoms with van der Waals surface area (Å²) >= 11 is 0. The van der Waals surface area contributed by atoms with Crippen LogP contribution in [0.25, 0.3) is 0 Å². The van der Waals surface area contributed by atoms with Crippen LogP contribution in [0, 0.1) is 5.92 Å². The molecule has 1 aliphatic heterocycles. The second kappa shape index (κ2) is 14.1. The van der Waals surface area contributed by atoms with Gasteiger partial charge in [-0.1, -0.05) is 18.2 Å². The number of hydrogen-bond donors (Lipinski definition) is 2. The Balaban J connectivity index is 0.00000338. The average Bonchev–Trinajstić information content (AvgIpc) is 3.12. The minimum Gasteiger partial charge on any atom is -0.382 e. The number of anilines is 1. The number of ether oxygens (including phenoxy) is 1. The highest BCUT2D eigenvalue weighted by Gasteiger charge is 2.22. The van der Waals surface area contributed by atoms with Crippen LogP contribution in [0.3, 0.4) is 0 Å². The maximum Gasteiger partial charge on any atom is 0.191 e. The van der Waals surface area contributed by atoms with Crippen molar-refractivity contribution >= 4 is 35.6 Å². The molecule has 1 heterocycles. The van der Waals surface area contributed by atoms with Gasteiger partial charge in [-0.3, -0.25) is 4.99 Å². The van der Waals surface area contributed by atoms with Crippen molar-refractivity contribution in [3.8, 4) is 0 Å². The van der Waals surface area contributed by atoms with Gasteiger partial charge in [0.25, 0.3) is 0 Å². The second-order valence-corrected chi connectivity index (χ2v) is 6.49. The van der Waals surface area contributed by atoms with Crippen LogP contribution in [0.15, 0.2) is 35.3 Å². The third-order valence-corrected chi connectivity index (χ3v) is 4.47. The van der Waals surface area contributed by atoms with E-state index in [9.17, 15) is 0 Å². The molecule has 0 aromatic heterocycles. The molecule has 0 saturated carbocycles. The van der Waals surface area contributed by atoms with Gasteiger partial charge in [-0.15, -0.1) is 24.0 Å². The maximum atomic E-state index is 5.37. The first-order valence-corrected chi connectivity index (χ1v) is 9.73. The van der Waals surface area contributed by atoms with Crippen LogP contribution in [0.5, 0.6) is 0 Å². The molecule has 0 bridgehead atoms. The summed E-state index contributed by atoms with van der Waals surface area (Å²) in [5.41, 5.74) is 1.33. The molecular weight excluding hydrogens is 439 g/mol. The molecule has 1 aromatic rings. The molecule has 0 spiro atoms. The fourth-order valence-corrected chi connectivity index (χ4v) is 3.10. The third-order valence-electron chi connectivity index (χ3n) is 4.47. The summed E-state index contributed by atoms with van der Waals surface area (Å²) in [6, 6.07) is 10.7. The Morgan fingerprint density at radius 2 is 2.00 bits per heavy atom. The monoisotopic (exact) mass is 474 g/mol. The fraction of sp³-hybridized carbons (Fsp3) is 0.650. The number of halogens is 1. The molecule has 1 aromatic carbocycles. The normalized spacial score (nSPS) is 17.1. The summed E-state index contributed by atoms with van der Waals surface area (Å²) in [6.07, 6.45) is 3.41. The number of guanidine groups is 1.